The van der Waals surface area contributed by atoms with Crippen LogP contribution < -0.4 is 4.72 Å². The Morgan fingerprint density at radius 3 is 2.37 bits per heavy atom. The summed E-state index contributed by atoms with van der Waals surface area (Å²) in [5, 5.41) is 8.59. The van der Waals surface area contributed by atoms with Gasteiger partial charge in [-0.05, 0) is 37.0 Å². The first kappa shape index (κ1) is 14.0. The molecule has 2 N–H and O–H groups in total. The summed E-state index contributed by atoms with van der Waals surface area (Å²) in [5.41, 5.74) is 0.824. The zero-order chi connectivity index (χ0) is 13.9. The number of hydrogen-bond donors (Lipinski definition) is 2. The fourth-order valence-corrected chi connectivity index (χ4v) is 3.21. The lowest BCUT2D eigenvalue weighted by Crippen LogP contribution is -2.39. The normalized spacial score (nSPS) is 16.0. The van der Waals surface area contributed by atoms with Crippen molar-refractivity contribution < 1.29 is 18.3 Å². The number of aliphatic carboxylic acids is 1. The molecule has 0 aliphatic heterocycles. The maximum atomic E-state index is 12.0. The fourth-order valence-electron chi connectivity index (χ4n) is 1.90. The Morgan fingerprint density at radius 1 is 1.26 bits per heavy atom. The molecule has 0 aromatic heterocycles. The molecule has 0 bridgehead atoms. The van der Waals surface area contributed by atoms with Crippen molar-refractivity contribution in [3.63, 3.8) is 0 Å². The summed E-state index contributed by atoms with van der Waals surface area (Å²) in [7, 11) is -3.43. The highest BCUT2D eigenvalue weighted by atomic mass is 32.2. The third-order valence-electron chi connectivity index (χ3n) is 3.29. The summed E-state index contributed by atoms with van der Waals surface area (Å²) in [6.07, 6.45) is 3.32. The molecule has 0 unspecified atom stereocenters. The van der Waals surface area contributed by atoms with E-state index in [2.05, 4.69) is 4.72 Å². The van der Waals surface area contributed by atoms with Gasteiger partial charge < -0.3 is 5.11 Å². The maximum Gasteiger partial charge on any atom is 0.303 e. The Hall–Kier alpha value is -1.40. The molecule has 0 heterocycles. The molecule has 1 aliphatic carbocycles. The second-order valence-electron chi connectivity index (χ2n) is 4.79. The lowest BCUT2D eigenvalue weighted by molar-refractivity contribution is -0.136. The van der Waals surface area contributed by atoms with Gasteiger partial charge in [-0.3, -0.25) is 4.79 Å². The number of nitrogens with one attached hydrogen (secondary N) is 1. The maximum absolute atomic E-state index is 12.0. The largest absolute Gasteiger partial charge is 0.481 e. The van der Waals surface area contributed by atoms with Gasteiger partial charge in [-0.25, -0.2) is 13.1 Å². The predicted molar refractivity (Wildman–Crippen MR) is 70.4 cm³/mol. The molecule has 1 aromatic rings. The number of hydrogen-bond acceptors (Lipinski definition) is 3. The molecule has 0 radical (unpaired) electrons. The molecule has 2 rings (SSSR count). The van der Waals surface area contributed by atoms with E-state index in [-0.39, 0.29) is 17.4 Å². The molecule has 0 saturated heterocycles. The van der Waals surface area contributed by atoms with Crippen molar-refractivity contribution in [2.75, 3.05) is 0 Å². The smallest absolute Gasteiger partial charge is 0.303 e. The Morgan fingerprint density at radius 2 is 1.89 bits per heavy atom. The van der Waals surface area contributed by atoms with Crippen molar-refractivity contribution in [2.24, 2.45) is 0 Å². The molecule has 0 spiro atoms. The van der Waals surface area contributed by atoms with Crippen LogP contribution in [0.4, 0.5) is 0 Å². The minimum absolute atomic E-state index is 0.0480. The summed E-state index contributed by atoms with van der Waals surface area (Å²) in [4.78, 5) is 10.7. The van der Waals surface area contributed by atoms with Gasteiger partial charge in [0, 0.05) is 12.5 Å². The summed E-state index contributed by atoms with van der Waals surface area (Å²) < 4.78 is 26.7. The summed E-state index contributed by atoms with van der Waals surface area (Å²) >= 11 is 0. The average molecular weight is 283 g/mol. The van der Waals surface area contributed by atoms with E-state index in [1.807, 2.05) is 0 Å². The molecular formula is C13H17NO4S. The Bertz CT molecular complexity index is 547. The molecule has 1 saturated carbocycles. The van der Waals surface area contributed by atoms with Gasteiger partial charge in [0.15, 0.2) is 0 Å². The molecule has 104 valence electrons. The SMILES string of the molecule is O=C(O)CCc1ccc(S(=O)(=O)NC2CCC2)cc1. The van der Waals surface area contributed by atoms with Gasteiger partial charge in [-0.2, -0.15) is 0 Å². The summed E-state index contributed by atoms with van der Waals surface area (Å²) in [6.45, 7) is 0. The van der Waals surface area contributed by atoms with Gasteiger partial charge in [0.1, 0.15) is 0 Å². The second-order valence-corrected chi connectivity index (χ2v) is 6.50. The monoisotopic (exact) mass is 283 g/mol. The second kappa shape index (κ2) is 5.71. The average Bonchev–Trinajstić information content (AvgIpc) is 2.32. The Kier molecular flexibility index (Phi) is 4.21. The third-order valence-corrected chi connectivity index (χ3v) is 4.82. The van der Waals surface area contributed by atoms with Gasteiger partial charge in [-0.15, -0.1) is 0 Å². The van der Waals surface area contributed by atoms with Crippen LogP contribution in [-0.4, -0.2) is 25.5 Å². The first-order valence-electron chi connectivity index (χ1n) is 6.30. The van der Waals surface area contributed by atoms with Gasteiger partial charge in [0.25, 0.3) is 0 Å². The van der Waals surface area contributed by atoms with Crippen LogP contribution in [0.15, 0.2) is 29.2 Å². The minimum Gasteiger partial charge on any atom is -0.481 e. The molecule has 1 fully saturated rings. The number of carbonyl (C=O) groups is 1. The van der Waals surface area contributed by atoms with E-state index in [4.69, 9.17) is 5.11 Å². The highest BCUT2D eigenvalue weighted by Crippen LogP contribution is 2.21. The molecule has 6 heteroatoms. The van der Waals surface area contributed by atoms with E-state index in [1.165, 1.54) is 12.1 Å². The molecule has 19 heavy (non-hydrogen) atoms. The van der Waals surface area contributed by atoms with Gasteiger partial charge in [0.05, 0.1) is 4.90 Å². The Labute approximate surface area is 112 Å². The van der Waals surface area contributed by atoms with Crippen molar-refractivity contribution in [1.29, 1.82) is 0 Å². The van der Waals surface area contributed by atoms with Crippen LogP contribution >= 0.6 is 0 Å². The van der Waals surface area contributed by atoms with Crippen LogP contribution in [0, 0.1) is 0 Å². The van der Waals surface area contributed by atoms with Crippen molar-refractivity contribution in [1.82, 2.24) is 4.72 Å². The quantitative estimate of drug-likeness (QED) is 0.829. The highest BCUT2D eigenvalue weighted by Gasteiger charge is 2.24. The molecule has 1 aliphatic rings. The van der Waals surface area contributed by atoms with E-state index in [9.17, 15) is 13.2 Å². The van der Waals surface area contributed by atoms with E-state index in [0.29, 0.717) is 6.42 Å². The first-order chi connectivity index (χ1) is 8.97. The molecule has 1 aromatic carbocycles. The third kappa shape index (κ3) is 3.78. The zero-order valence-corrected chi connectivity index (χ0v) is 11.3. The topological polar surface area (TPSA) is 83.5 Å². The lowest BCUT2D eigenvalue weighted by Gasteiger charge is -2.26. The molecule has 0 atom stereocenters. The molecule has 5 nitrogen and oxygen atoms in total. The predicted octanol–water partition coefficient (Wildman–Crippen LogP) is 1.53. The zero-order valence-electron chi connectivity index (χ0n) is 10.5. The van der Waals surface area contributed by atoms with E-state index < -0.39 is 16.0 Å². The first-order valence-corrected chi connectivity index (χ1v) is 7.79. The van der Waals surface area contributed by atoms with E-state index in [1.54, 1.807) is 12.1 Å². The number of carboxylic acid groups (broad SMARTS) is 1. The summed E-state index contributed by atoms with van der Waals surface area (Å²) in [5.74, 6) is -0.858. The van der Waals surface area contributed by atoms with Crippen LogP contribution in [0.2, 0.25) is 0 Å². The van der Waals surface area contributed by atoms with Crippen LogP contribution in [-0.2, 0) is 21.2 Å². The van der Waals surface area contributed by atoms with Crippen LogP contribution in [0.25, 0.3) is 0 Å². The van der Waals surface area contributed by atoms with Crippen molar-refractivity contribution in [2.45, 2.75) is 43.0 Å². The Balaban J connectivity index is 2.02. The van der Waals surface area contributed by atoms with E-state index in [0.717, 1.165) is 24.8 Å². The van der Waals surface area contributed by atoms with Crippen LogP contribution in [0.3, 0.4) is 0 Å². The highest BCUT2D eigenvalue weighted by molar-refractivity contribution is 7.89. The number of benzene rings is 1. The number of carboxylic acids is 1. The lowest BCUT2D eigenvalue weighted by atomic mass is 9.94. The van der Waals surface area contributed by atoms with Crippen LogP contribution in [0.1, 0.15) is 31.2 Å². The van der Waals surface area contributed by atoms with Crippen molar-refractivity contribution in [3.8, 4) is 0 Å². The fraction of sp³-hybridized carbons (Fsp3) is 0.462. The van der Waals surface area contributed by atoms with Gasteiger partial charge >= 0.3 is 5.97 Å². The van der Waals surface area contributed by atoms with Gasteiger partial charge in [0.2, 0.25) is 10.0 Å². The van der Waals surface area contributed by atoms with Crippen molar-refractivity contribution >= 4 is 16.0 Å². The number of aryl methyl sites for hydroxylation is 1. The molecular weight excluding hydrogens is 266 g/mol. The standard InChI is InChI=1S/C13H17NO4S/c15-13(16)9-6-10-4-7-12(8-5-10)19(17,18)14-11-2-1-3-11/h4-5,7-8,11,14H,1-3,6,9H2,(H,15,16). The minimum atomic E-state index is -3.43. The van der Waals surface area contributed by atoms with Crippen LogP contribution in [0.5, 0.6) is 0 Å². The van der Waals surface area contributed by atoms with E-state index >= 15 is 0 Å². The molecule has 0 amide bonds. The number of rotatable bonds is 6. The van der Waals surface area contributed by atoms with Crippen molar-refractivity contribution in [3.05, 3.63) is 29.8 Å². The summed E-state index contributed by atoms with van der Waals surface area (Å²) in [6, 6.07) is 6.45. The van der Waals surface area contributed by atoms with Gasteiger partial charge in [-0.1, -0.05) is 18.6 Å². The number of sulfonamides is 1.